The summed E-state index contributed by atoms with van der Waals surface area (Å²) in [7, 11) is 0. The summed E-state index contributed by atoms with van der Waals surface area (Å²) in [5.74, 6) is -0.257. The van der Waals surface area contributed by atoms with E-state index in [2.05, 4.69) is 10.6 Å². The molecule has 2 heterocycles. The molecule has 120 valence electrons. The molecule has 0 bridgehead atoms. The van der Waals surface area contributed by atoms with Gasteiger partial charge < -0.3 is 15.4 Å². The highest BCUT2D eigenvalue weighted by Crippen LogP contribution is 2.16. The van der Waals surface area contributed by atoms with Gasteiger partial charge in [-0.25, -0.2) is 0 Å². The highest BCUT2D eigenvalue weighted by Gasteiger charge is 2.23. The first-order valence-electron chi connectivity index (χ1n) is 7.55. The maximum Gasteiger partial charge on any atom is 0.253 e. The quantitative estimate of drug-likeness (QED) is 0.886. The van der Waals surface area contributed by atoms with Gasteiger partial charge >= 0.3 is 0 Å². The molecule has 2 amide bonds. The van der Waals surface area contributed by atoms with Crippen molar-refractivity contribution in [2.24, 2.45) is 0 Å². The van der Waals surface area contributed by atoms with E-state index < -0.39 is 0 Å². The standard InChI is InChI=1S/C17H18N2O3S/c20-16(18-11-14-3-2-10-23-14)12-5-7-13(8-6-12)19-17(21)15-4-1-9-22-15/h2-3,5-8,10,15H,1,4,9,11H2,(H,18,20)(H,19,21). The molecule has 1 aromatic carbocycles. The minimum Gasteiger partial charge on any atom is -0.368 e. The van der Waals surface area contributed by atoms with Crippen molar-refractivity contribution in [2.75, 3.05) is 11.9 Å². The molecule has 2 aromatic rings. The summed E-state index contributed by atoms with van der Waals surface area (Å²) in [6.45, 7) is 1.16. The molecule has 1 aromatic heterocycles. The van der Waals surface area contributed by atoms with Crippen molar-refractivity contribution in [1.29, 1.82) is 0 Å². The van der Waals surface area contributed by atoms with Crippen LogP contribution in [0.1, 0.15) is 28.1 Å². The number of ether oxygens (including phenoxy) is 1. The van der Waals surface area contributed by atoms with Crippen LogP contribution >= 0.6 is 11.3 Å². The van der Waals surface area contributed by atoms with E-state index in [1.54, 1.807) is 35.6 Å². The fraction of sp³-hybridized carbons (Fsp3) is 0.294. The molecule has 1 fully saturated rings. The van der Waals surface area contributed by atoms with Gasteiger partial charge in [0.2, 0.25) is 0 Å². The number of hydrogen-bond donors (Lipinski definition) is 2. The Bertz CT molecular complexity index is 662. The molecule has 2 N–H and O–H groups in total. The third-order valence-electron chi connectivity index (χ3n) is 3.64. The summed E-state index contributed by atoms with van der Waals surface area (Å²) in [4.78, 5) is 25.1. The number of anilines is 1. The molecule has 1 atom stereocenters. The van der Waals surface area contributed by atoms with Crippen LogP contribution in [0.5, 0.6) is 0 Å². The second-order valence-corrected chi connectivity index (χ2v) is 6.36. The molecule has 3 rings (SSSR count). The molecule has 6 heteroatoms. The maximum atomic E-state index is 12.1. The fourth-order valence-electron chi connectivity index (χ4n) is 2.39. The van der Waals surface area contributed by atoms with Crippen LogP contribution in [0.3, 0.4) is 0 Å². The average Bonchev–Trinajstić information content (AvgIpc) is 3.26. The van der Waals surface area contributed by atoms with Crippen molar-refractivity contribution >= 4 is 28.8 Å². The van der Waals surface area contributed by atoms with E-state index in [1.165, 1.54) is 0 Å². The number of nitrogens with one attached hydrogen (secondary N) is 2. The van der Waals surface area contributed by atoms with Gasteiger partial charge in [-0.05, 0) is 48.6 Å². The zero-order valence-electron chi connectivity index (χ0n) is 12.6. The Labute approximate surface area is 138 Å². The topological polar surface area (TPSA) is 67.4 Å². The van der Waals surface area contributed by atoms with Crippen molar-refractivity contribution in [3.05, 3.63) is 52.2 Å². The van der Waals surface area contributed by atoms with Gasteiger partial charge in [-0.1, -0.05) is 6.07 Å². The van der Waals surface area contributed by atoms with Crippen LogP contribution in [0.4, 0.5) is 5.69 Å². The number of benzene rings is 1. The lowest BCUT2D eigenvalue weighted by atomic mass is 10.2. The van der Waals surface area contributed by atoms with Gasteiger partial charge in [-0.2, -0.15) is 0 Å². The van der Waals surface area contributed by atoms with Crippen molar-refractivity contribution in [3.63, 3.8) is 0 Å². The number of amides is 2. The second-order valence-electron chi connectivity index (χ2n) is 5.33. The van der Waals surface area contributed by atoms with Crippen molar-refractivity contribution in [3.8, 4) is 0 Å². The summed E-state index contributed by atoms with van der Waals surface area (Å²) < 4.78 is 5.34. The third kappa shape index (κ3) is 4.18. The molecule has 0 aliphatic carbocycles. The van der Waals surface area contributed by atoms with Gasteiger partial charge in [0.1, 0.15) is 6.10 Å². The van der Waals surface area contributed by atoms with Gasteiger partial charge in [0.25, 0.3) is 11.8 Å². The Kier molecular flexibility index (Phi) is 5.05. The molecular formula is C17H18N2O3S. The van der Waals surface area contributed by atoms with Gasteiger partial charge in [0, 0.05) is 22.7 Å². The lowest BCUT2D eigenvalue weighted by molar-refractivity contribution is -0.124. The highest BCUT2D eigenvalue weighted by molar-refractivity contribution is 7.09. The van der Waals surface area contributed by atoms with Crippen LogP contribution in [0, 0.1) is 0 Å². The largest absolute Gasteiger partial charge is 0.368 e. The smallest absolute Gasteiger partial charge is 0.253 e. The van der Waals surface area contributed by atoms with E-state index in [4.69, 9.17) is 4.74 Å². The lowest BCUT2D eigenvalue weighted by Crippen LogP contribution is -2.27. The van der Waals surface area contributed by atoms with Crippen LogP contribution in [0.15, 0.2) is 41.8 Å². The zero-order chi connectivity index (χ0) is 16.1. The predicted octanol–water partition coefficient (Wildman–Crippen LogP) is 2.80. The first kappa shape index (κ1) is 15.7. The third-order valence-corrected chi connectivity index (χ3v) is 4.52. The number of carbonyl (C=O) groups excluding carboxylic acids is 2. The number of rotatable bonds is 5. The molecule has 23 heavy (non-hydrogen) atoms. The number of hydrogen-bond acceptors (Lipinski definition) is 4. The van der Waals surface area contributed by atoms with Gasteiger partial charge in [0.15, 0.2) is 0 Å². The van der Waals surface area contributed by atoms with Crippen LogP contribution in [-0.4, -0.2) is 24.5 Å². The summed E-state index contributed by atoms with van der Waals surface area (Å²) in [6, 6.07) is 10.8. The first-order valence-corrected chi connectivity index (χ1v) is 8.43. The summed E-state index contributed by atoms with van der Waals surface area (Å²) >= 11 is 1.61. The Morgan fingerprint density at radius 3 is 2.70 bits per heavy atom. The molecule has 0 spiro atoms. The van der Waals surface area contributed by atoms with E-state index in [1.807, 2.05) is 17.5 Å². The van der Waals surface area contributed by atoms with Crippen LogP contribution in [-0.2, 0) is 16.1 Å². The van der Waals surface area contributed by atoms with E-state index in [9.17, 15) is 9.59 Å². The second kappa shape index (κ2) is 7.39. The highest BCUT2D eigenvalue weighted by atomic mass is 32.1. The molecule has 5 nitrogen and oxygen atoms in total. The molecule has 1 unspecified atom stereocenters. The van der Waals surface area contributed by atoms with E-state index in [-0.39, 0.29) is 17.9 Å². The fourth-order valence-corrected chi connectivity index (χ4v) is 3.04. The minimum absolute atomic E-state index is 0.127. The van der Waals surface area contributed by atoms with Gasteiger partial charge in [-0.15, -0.1) is 11.3 Å². The monoisotopic (exact) mass is 330 g/mol. The van der Waals surface area contributed by atoms with E-state index in [0.717, 1.165) is 17.7 Å². The Morgan fingerprint density at radius 2 is 2.04 bits per heavy atom. The van der Waals surface area contributed by atoms with E-state index in [0.29, 0.717) is 24.4 Å². The summed E-state index contributed by atoms with van der Waals surface area (Å²) in [5.41, 5.74) is 1.23. The Morgan fingerprint density at radius 1 is 1.22 bits per heavy atom. The summed E-state index contributed by atoms with van der Waals surface area (Å²) in [6.07, 6.45) is 1.32. The zero-order valence-corrected chi connectivity index (χ0v) is 13.4. The SMILES string of the molecule is O=C(NCc1cccs1)c1ccc(NC(=O)C2CCCO2)cc1. The lowest BCUT2D eigenvalue weighted by Gasteiger charge is -2.11. The molecule has 0 radical (unpaired) electrons. The van der Waals surface area contributed by atoms with Crippen molar-refractivity contribution in [2.45, 2.75) is 25.5 Å². The van der Waals surface area contributed by atoms with Gasteiger partial charge in [-0.3, -0.25) is 9.59 Å². The molecule has 1 aliphatic heterocycles. The van der Waals surface area contributed by atoms with E-state index >= 15 is 0 Å². The first-order chi connectivity index (χ1) is 11.2. The Balaban J connectivity index is 1.53. The maximum absolute atomic E-state index is 12.1. The molecule has 1 aliphatic rings. The minimum atomic E-state index is -0.358. The Hall–Kier alpha value is -2.18. The normalized spacial score (nSPS) is 17.0. The van der Waals surface area contributed by atoms with Crippen LogP contribution in [0.25, 0.3) is 0 Å². The van der Waals surface area contributed by atoms with Gasteiger partial charge in [0.05, 0.1) is 6.54 Å². The number of carbonyl (C=O) groups is 2. The average molecular weight is 330 g/mol. The number of thiophene rings is 1. The molecule has 1 saturated heterocycles. The van der Waals surface area contributed by atoms with Crippen LogP contribution in [0.2, 0.25) is 0 Å². The molecular weight excluding hydrogens is 312 g/mol. The molecule has 0 saturated carbocycles. The van der Waals surface area contributed by atoms with Crippen molar-refractivity contribution < 1.29 is 14.3 Å². The van der Waals surface area contributed by atoms with Crippen LogP contribution < -0.4 is 10.6 Å². The van der Waals surface area contributed by atoms with Crippen molar-refractivity contribution in [1.82, 2.24) is 5.32 Å². The summed E-state index contributed by atoms with van der Waals surface area (Å²) in [5, 5.41) is 7.66. The predicted molar refractivity (Wildman–Crippen MR) is 89.5 cm³/mol.